The SMILES string of the molecule is CCc1noc(-c2ccc(OC)c(S(=O)(=O)Cl)c2)n1. The Kier molecular flexibility index (Phi) is 3.77. The lowest BCUT2D eigenvalue weighted by Crippen LogP contribution is -1.96. The minimum atomic E-state index is -3.92. The molecule has 0 radical (unpaired) electrons. The van der Waals surface area contributed by atoms with Gasteiger partial charge in [0.05, 0.1) is 7.11 Å². The molecule has 0 aliphatic rings. The van der Waals surface area contributed by atoms with E-state index >= 15 is 0 Å². The fourth-order valence-corrected chi connectivity index (χ4v) is 2.54. The molecule has 0 saturated carbocycles. The number of hydrogen-bond donors (Lipinski definition) is 0. The van der Waals surface area contributed by atoms with Gasteiger partial charge in [0.15, 0.2) is 5.82 Å². The molecule has 6 nitrogen and oxygen atoms in total. The Morgan fingerprint density at radius 1 is 1.42 bits per heavy atom. The molecule has 2 rings (SSSR count). The van der Waals surface area contributed by atoms with Gasteiger partial charge >= 0.3 is 0 Å². The number of benzene rings is 1. The van der Waals surface area contributed by atoms with Crippen LogP contribution in [0.3, 0.4) is 0 Å². The van der Waals surface area contributed by atoms with E-state index in [1.54, 1.807) is 6.07 Å². The van der Waals surface area contributed by atoms with E-state index in [-0.39, 0.29) is 16.5 Å². The van der Waals surface area contributed by atoms with Crippen LogP contribution in [-0.2, 0) is 15.5 Å². The Morgan fingerprint density at radius 2 is 2.16 bits per heavy atom. The van der Waals surface area contributed by atoms with Crippen molar-refractivity contribution in [2.24, 2.45) is 0 Å². The van der Waals surface area contributed by atoms with E-state index in [4.69, 9.17) is 19.9 Å². The highest BCUT2D eigenvalue weighted by molar-refractivity contribution is 8.13. The summed E-state index contributed by atoms with van der Waals surface area (Å²) < 4.78 is 33.0. The number of halogens is 1. The second-order valence-electron chi connectivity index (χ2n) is 3.67. The Labute approximate surface area is 114 Å². The van der Waals surface area contributed by atoms with Crippen LogP contribution in [-0.4, -0.2) is 25.7 Å². The number of rotatable bonds is 4. The third-order valence-corrected chi connectivity index (χ3v) is 3.80. The first kappa shape index (κ1) is 13.8. The molecule has 0 fully saturated rings. The minimum absolute atomic E-state index is 0.134. The maximum Gasteiger partial charge on any atom is 0.265 e. The quantitative estimate of drug-likeness (QED) is 0.805. The van der Waals surface area contributed by atoms with Gasteiger partial charge in [-0.25, -0.2) is 8.42 Å². The van der Waals surface area contributed by atoms with Crippen LogP contribution in [0.5, 0.6) is 5.75 Å². The van der Waals surface area contributed by atoms with E-state index in [1.807, 2.05) is 6.92 Å². The molecular formula is C11H11ClN2O4S. The Hall–Kier alpha value is -1.60. The Morgan fingerprint density at radius 3 is 2.68 bits per heavy atom. The standard InChI is InChI=1S/C11H11ClN2O4S/c1-3-10-13-11(18-14-10)7-4-5-8(17-2)9(6-7)19(12,15)16/h4-6H,3H2,1-2H3. The predicted molar refractivity (Wildman–Crippen MR) is 68.7 cm³/mol. The van der Waals surface area contributed by atoms with Crippen molar-refractivity contribution in [1.82, 2.24) is 10.1 Å². The van der Waals surface area contributed by atoms with Crippen LogP contribution >= 0.6 is 10.7 Å². The highest BCUT2D eigenvalue weighted by atomic mass is 35.7. The smallest absolute Gasteiger partial charge is 0.265 e. The van der Waals surface area contributed by atoms with E-state index in [0.717, 1.165) is 0 Å². The summed E-state index contributed by atoms with van der Waals surface area (Å²) in [6.45, 7) is 1.89. The molecule has 0 atom stereocenters. The number of aromatic nitrogens is 2. The zero-order valence-electron chi connectivity index (χ0n) is 10.3. The van der Waals surface area contributed by atoms with Crippen LogP contribution in [0.4, 0.5) is 0 Å². The average Bonchev–Trinajstić information content (AvgIpc) is 2.85. The monoisotopic (exact) mass is 302 g/mol. The van der Waals surface area contributed by atoms with Crippen LogP contribution in [0.1, 0.15) is 12.7 Å². The second-order valence-corrected chi connectivity index (χ2v) is 6.21. The predicted octanol–water partition coefficient (Wildman–Crippen LogP) is 2.24. The van der Waals surface area contributed by atoms with Crippen LogP contribution in [0, 0.1) is 0 Å². The summed E-state index contributed by atoms with van der Waals surface area (Å²) in [5.74, 6) is 0.941. The molecule has 0 aliphatic carbocycles. The van der Waals surface area contributed by atoms with Crippen LogP contribution in [0.25, 0.3) is 11.5 Å². The van der Waals surface area contributed by atoms with Crippen molar-refractivity contribution in [1.29, 1.82) is 0 Å². The van der Waals surface area contributed by atoms with Crippen LogP contribution < -0.4 is 4.74 Å². The van der Waals surface area contributed by atoms with Crippen molar-refractivity contribution >= 4 is 19.7 Å². The summed E-state index contributed by atoms with van der Waals surface area (Å²) in [6, 6.07) is 4.45. The van der Waals surface area contributed by atoms with Crippen molar-refractivity contribution < 1.29 is 17.7 Å². The molecule has 0 aliphatic heterocycles. The van der Waals surface area contributed by atoms with E-state index in [0.29, 0.717) is 17.8 Å². The molecule has 0 bridgehead atoms. The van der Waals surface area contributed by atoms with Crippen LogP contribution in [0.2, 0.25) is 0 Å². The molecule has 0 amide bonds. The fourth-order valence-electron chi connectivity index (χ4n) is 1.52. The molecular weight excluding hydrogens is 292 g/mol. The van der Waals surface area contributed by atoms with Crippen molar-refractivity contribution in [3.05, 3.63) is 24.0 Å². The summed E-state index contributed by atoms with van der Waals surface area (Å²) in [7, 11) is 2.81. The Bertz CT molecular complexity index is 696. The molecule has 102 valence electrons. The topological polar surface area (TPSA) is 82.3 Å². The summed E-state index contributed by atoms with van der Waals surface area (Å²) in [5, 5.41) is 3.75. The zero-order chi connectivity index (χ0) is 14.0. The molecule has 0 saturated heterocycles. The number of ether oxygens (including phenoxy) is 1. The van der Waals surface area contributed by atoms with Gasteiger partial charge in [0.25, 0.3) is 14.9 Å². The first-order valence-corrected chi connectivity index (χ1v) is 7.72. The highest BCUT2D eigenvalue weighted by Crippen LogP contribution is 2.31. The van der Waals surface area contributed by atoms with Gasteiger partial charge < -0.3 is 9.26 Å². The van der Waals surface area contributed by atoms with Gasteiger partial charge in [0.1, 0.15) is 10.6 Å². The molecule has 1 aromatic carbocycles. The number of nitrogens with zero attached hydrogens (tertiary/aromatic N) is 2. The largest absolute Gasteiger partial charge is 0.495 e. The van der Waals surface area contributed by atoms with Gasteiger partial charge in [0.2, 0.25) is 0 Å². The first-order chi connectivity index (χ1) is 8.95. The van der Waals surface area contributed by atoms with E-state index in [9.17, 15) is 8.42 Å². The lowest BCUT2D eigenvalue weighted by Gasteiger charge is -2.06. The number of hydrogen-bond acceptors (Lipinski definition) is 6. The Balaban J connectivity index is 2.55. The third kappa shape index (κ3) is 2.87. The summed E-state index contributed by atoms with van der Waals surface area (Å²) in [4.78, 5) is 3.99. The third-order valence-electron chi connectivity index (χ3n) is 2.46. The van der Waals surface area contributed by atoms with Gasteiger partial charge in [0, 0.05) is 22.7 Å². The maximum absolute atomic E-state index is 11.5. The second kappa shape index (κ2) is 5.18. The first-order valence-electron chi connectivity index (χ1n) is 5.41. The molecule has 0 unspecified atom stereocenters. The van der Waals surface area contributed by atoms with Crippen molar-refractivity contribution in [2.45, 2.75) is 18.2 Å². The lowest BCUT2D eigenvalue weighted by atomic mass is 10.2. The van der Waals surface area contributed by atoms with E-state index < -0.39 is 9.05 Å². The van der Waals surface area contributed by atoms with Gasteiger partial charge in [-0.15, -0.1) is 0 Å². The summed E-state index contributed by atoms with van der Waals surface area (Å²) >= 11 is 0. The number of methoxy groups -OCH3 is 1. The van der Waals surface area contributed by atoms with Gasteiger partial charge in [-0.3, -0.25) is 0 Å². The molecule has 0 N–H and O–H groups in total. The molecule has 0 spiro atoms. The summed E-state index contributed by atoms with van der Waals surface area (Å²) in [5.41, 5.74) is 0.465. The van der Waals surface area contributed by atoms with Gasteiger partial charge in [-0.05, 0) is 18.2 Å². The summed E-state index contributed by atoms with van der Waals surface area (Å²) in [6.07, 6.45) is 0.625. The number of aryl methyl sites for hydroxylation is 1. The fraction of sp³-hybridized carbons (Fsp3) is 0.273. The lowest BCUT2D eigenvalue weighted by molar-refractivity contribution is 0.402. The highest BCUT2D eigenvalue weighted by Gasteiger charge is 2.19. The van der Waals surface area contributed by atoms with Gasteiger partial charge in [-0.2, -0.15) is 4.98 Å². The van der Waals surface area contributed by atoms with Crippen molar-refractivity contribution in [3.63, 3.8) is 0 Å². The van der Waals surface area contributed by atoms with Gasteiger partial charge in [-0.1, -0.05) is 12.1 Å². The molecule has 8 heteroatoms. The maximum atomic E-state index is 11.5. The average molecular weight is 303 g/mol. The normalized spacial score (nSPS) is 11.5. The minimum Gasteiger partial charge on any atom is -0.495 e. The van der Waals surface area contributed by atoms with Crippen LogP contribution in [0.15, 0.2) is 27.6 Å². The molecule has 1 heterocycles. The molecule has 2 aromatic rings. The van der Waals surface area contributed by atoms with E-state index in [1.165, 1.54) is 19.2 Å². The van der Waals surface area contributed by atoms with Crippen molar-refractivity contribution in [3.8, 4) is 17.2 Å². The van der Waals surface area contributed by atoms with Crippen molar-refractivity contribution in [2.75, 3.05) is 7.11 Å². The van der Waals surface area contributed by atoms with E-state index in [2.05, 4.69) is 10.1 Å². The molecule has 19 heavy (non-hydrogen) atoms. The molecule has 1 aromatic heterocycles. The zero-order valence-corrected chi connectivity index (χ0v) is 11.8.